The number of aryl methyl sites for hydroxylation is 2. The summed E-state index contributed by atoms with van der Waals surface area (Å²) in [7, 11) is -4.05. The first-order valence-corrected chi connectivity index (χ1v) is 10.3. The van der Waals surface area contributed by atoms with Crippen LogP contribution in [0.5, 0.6) is 5.88 Å². The summed E-state index contributed by atoms with van der Waals surface area (Å²) in [6.07, 6.45) is 4.84. The molecule has 1 heterocycles. The Morgan fingerprint density at radius 2 is 1.65 bits per heavy atom. The lowest BCUT2D eigenvalue weighted by Crippen LogP contribution is -2.20. The quantitative estimate of drug-likeness (QED) is 0.579. The van der Waals surface area contributed by atoms with Crippen LogP contribution in [0.25, 0.3) is 0 Å². The molecule has 3 rings (SSSR count). The number of pyridine rings is 1. The topological polar surface area (TPSA) is 73.3 Å². The number of Topliss-reactive ketones (excluding diaryl/α,β-unsaturated/α-hetero) is 1. The van der Waals surface area contributed by atoms with E-state index in [-0.39, 0.29) is 28.0 Å². The standard InChI is InChI=1S/C20H23NO4S/c1-14-8-11-17(12-9-14)26(23,24)25-20-18(13-10-15(2)21-20)19(22)16-6-4-3-5-7-16/h8-13,16H,3-7H2,1-2H3. The van der Waals surface area contributed by atoms with Crippen molar-refractivity contribution in [3.8, 4) is 5.88 Å². The summed E-state index contributed by atoms with van der Waals surface area (Å²) >= 11 is 0. The van der Waals surface area contributed by atoms with Gasteiger partial charge in [0.2, 0.25) is 5.88 Å². The summed E-state index contributed by atoms with van der Waals surface area (Å²) in [4.78, 5) is 17.1. The summed E-state index contributed by atoms with van der Waals surface area (Å²) in [5.74, 6) is -0.287. The van der Waals surface area contributed by atoms with Gasteiger partial charge in [-0.05, 0) is 51.0 Å². The van der Waals surface area contributed by atoms with Crippen molar-refractivity contribution in [3.05, 3.63) is 53.2 Å². The normalized spacial score (nSPS) is 15.6. The molecular formula is C20H23NO4S. The van der Waals surface area contributed by atoms with Crippen molar-refractivity contribution in [1.82, 2.24) is 4.98 Å². The Hall–Kier alpha value is -2.21. The van der Waals surface area contributed by atoms with E-state index in [0.717, 1.165) is 37.7 Å². The van der Waals surface area contributed by atoms with Gasteiger partial charge >= 0.3 is 10.1 Å². The Labute approximate surface area is 154 Å². The Balaban J connectivity index is 1.92. The van der Waals surface area contributed by atoms with Crippen LogP contribution in [0.4, 0.5) is 0 Å². The summed E-state index contributed by atoms with van der Waals surface area (Å²) in [5, 5.41) is 0. The molecule has 0 spiro atoms. The fourth-order valence-corrected chi connectivity index (χ4v) is 4.13. The molecule has 1 aromatic carbocycles. The van der Waals surface area contributed by atoms with E-state index in [9.17, 15) is 13.2 Å². The molecule has 1 fully saturated rings. The molecule has 0 saturated heterocycles. The van der Waals surface area contributed by atoms with Gasteiger partial charge in [-0.15, -0.1) is 0 Å². The third-order valence-corrected chi connectivity index (χ3v) is 5.97. The summed E-state index contributed by atoms with van der Waals surface area (Å²) in [5.41, 5.74) is 1.79. The number of ketones is 1. The second-order valence-electron chi connectivity index (χ2n) is 6.86. The van der Waals surface area contributed by atoms with Gasteiger partial charge in [-0.3, -0.25) is 4.79 Å². The van der Waals surface area contributed by atoms with Crippen LogP contribution in [-0.4, -0.2) is 19.2 Å². The highest BCUT2D eigenvalue weighted by atomic mass is 32.2. The van der Waals surface area contributed by atoms with Crippen molar-refractivity contribution >= 4 is 15.9 Å². The van der Waals surface area contributed by atoms with Gasteiger partial charge in [-0.25, -0.2) is 4.98 Å². The van der Waals surface area contributed by atoms with Gasteiger partial charge in [0.25, 0.3) is 0 Å². The highest BCUT2D eigenvalue weighted by Crippen LogP contribution is 2.30. The number of carbonyl (C=O) groups is 1. The maximum Gasteiger partial charge on any atom is 0.340 e. The summed E-state index contributed by atoms with van der Waals surface area (Å²) in [6, 6.07) is 9.72. The predicted octanol–water partition coefficient (Wildman–Crippen LogP) is 4.23. The van der Waals surface area contributed by atoms with Gasteiger partial charge in [-0.1, -0.05) is 37.0 Å². The van der Waals surface area contributed by atoms with E-state index in [4.69, 9.17) is 4.18 Å². The third-order valence-electron chi connectivity index (χ3n) is 4.74. The van der Waals surface area contributed by atoms with E-state index in [1.165, 1.54) is 12.1 Å². The van der Waals surface area contributed by atoms with Crippen LogP contribution in [0.3, 0.4) is 0 Å². The molecule has 26 heavy (non-hydrogen) atoms. The molecule has 138 valence electrons. The number of benzene rings is 1. The molecule has 1 aliphatic carbocycles. The first-order valence-electron chi connectivity index (χ1n) is 8.90. The summed E-state index contributed by atoms with van der Waals surface area (Å²) < 4.78 is 30.5. The van der Waals surface area contributed by atoms with Crippen molar-refractivity contribution in [3.63, 3.8) is 0 Å². The van der Waals surface area contributed by atoms with Crippen LogP contribution in [0.1, 0.15) is 53.7 Å². The van der Waals surface area contributed by atoms with Crippen molar-refractivity contribution in [1.29, 1.82) is 0 Å². The number of carbonyl (C=O) groups excluding carboxylic acids is 1. The average Bonchev–Trinajstić information content (AvgIpc) is 2.62. The highest BCUT2D eigenvalue weighted by molar-refractivity contribution is 7.87. The minimum absolute atomic E-state index is 0.0440. The van der Waals surface area contributed by atoms with Crippen LogP contribution in [0, 0.1) is 19.8 Å². The Morgan fingerprint density at radius 3 is 2.31 bits per heavy atom. The van der Waals surface area contributed by atoms with Gasteiger partial charge in [0, 0.05) is 11.6 Å². The van der Waals surface area contributed by atoms with Crippen LogP contribution in [0.15, 0.2) is 41.3 Å². The van der Waals surface area contributed by atoms with E-state index in [0.29, 0.717) is 5.69 Å². The minimum atomic E-state index is -4.05. The van der Waals surface area contributed by atoms with E-state index in [1.54, 1.807) is 31.2 Å². The molecular weight excluding hydrogens is 350 g/mol. The summed E-state index contributed by atoms with van der Waals surface area (Å²) in [6.45, 7) is 3.61. The molecule has 1 aromatic heterocycles. The van der Waals surface area contributed by atoms with Crippen molar-refractivity contribution in [2.45, 2.75) is 50.8 Å². The van der Waals surface area contributed by atoms with Gasteiger partial charge in [0.1, 0.15) is 4.90 Å². The Kier molecular flexibility index (Phi) is 5.41. The molecule has 0 amide bonds. The first-order chi connectivity index (χ1) is 12.4. The number of hydrogen-bond acceptors (Lipinski definition) is 5. The SMILES string of the molecule is Cc1ccc(S(=O)(=O)Oc2nc(C)ccc2C(=O)C2CCCCC2)cc1. The van der Waals surface area contributed by atoms with Crippen LogP contribution >= 0.6 is 0 Å². The van der Waals surface area contributed by atoms with Crippen molar-refractivity contribution < 1.29 is 17.4 Å². The smallest absolute Gasteiger partial charge is 0.340 e. The first kappa shape index (κ1) is 18.6. The number of hydrogen-bond donors (Lipinski definition) is 0. The fourth-order valence-electron chi connectivity index (χ4n) is 3.23. The van der Waals surface area contributed by atoms with E-state index < -0.39 is 10.1 Å². The van der Waals surface area contributed by atoms with Gasteiger partial charge in [0.05, 0.1) is 5.56 Å². The van der Waals surface area contributed by atoms with Gasteiger partial charge in [-0.2, -0.15) is 8.42 Å². The fraction of sp³-hybridized carbons (Fsp3) is 0.400. The molecule has 2 aromatic rings. The molecule has 1 saturated carbocycles. The predicted molar refractivity (Wildman–Crippen MR) is 98.9 cm³/mol. The molecule has 0 unspecified atom stereocenters. The number of aromatic nitrogens is 1. The number of rotatable bonds is 5. The van der Waals surface area contributed by atoms with E-state index >= 15 is 0 Å². The highest BCUT2D eigenvalue weighted by Gasteiger charge is 2.28. The molecule has 0 N–H and O–H groups in total. The van der Waals surface area contributed by atoms with E-state index in [2.05, 4.69) is 4.98 Å². The second-order valence-corrected chi connectivity index (χ2v) is 8.40. The molecule has 5 nitrogen and oxygen atoms in total. The zero-order chi connectivity index (χ0) is 18.7. The third kappa shape index (κ3) is 4.12. The Morgan fingerprint density at radius 1 is 1.00 bits per heavy atom. The maximum absolute atomic E-state index is 12.9. The largest absolute Gasteiger partial charge is 0.357 e. The van der Waals surface area contributed by atoms with Crippen LogP contribution in [-0.2, 0) is 10.1 Å². The molecule has 0 atom stereocenters. The molecule has 1 aliphatic rings. The minimum Gasteiger partial charge on any atom is -0.357 e. The maximum atomic E-state index is 12.9. The monoisotopic (exact) mass is 373 g/mol. The number of nitrogens with zero attached hydrogens (tertiary/aromatic N) is 1. The lowest BCUT2D eigenvalue weighted by molar-refractivity contribution is 0.0887. The molecule has 0 bridgehead atoms. The van der Waals surface area contributed by atoms with Gasteiger partial charge in [0.15, 0.2) is 5.78 Å². The van der Waals surface area contributed by atoms with Crippen LogP contribution in [0.2, 0.25) is 0 Å². The zero-order valence-corrected chi connectivity index (χ0v) is 15.9. The lowest BCUT2D eigenvalue weighted by Gasteiger charge is -2.21. The van der Waals surface area contributed by atoms with Gasteiger partial charge < -0.3 is 4.18 Å². The molecule has 0 radical (unpaired) electrons. The molecule has 6 heteroatoms. The van der Waals surface area contributed by atoms with Crippen LogP contribution < -0.4 is 4.18 Å². The van der Waals surface area contributed by atoms with Crippen molar-refractivity contribution in [2.24, 2.45) is 5.92 Å². The van der Waals surface area contributed by atoms with E-state index in [1.807, 2.05) is 6.92 Å². The Bertz CT molecular complexity index is 898. The van der Waals surface area contributed by atoms with Crippen molar-refractivity contribution in [2.75, 3.05) is 0 Å². The lowest BCUT2D eigenvalue weighted by atomic mass is 9.84. The molecule has 0 aliphatic heterocycles. The second kappa shape index (κ2) is 7.58. The zero-order valence-electron chi connectivity index (χ0n) is 15.1. The average molecular weight is 373 g/mol.